The third-order valence-corrected chi connectivity index (χ3v) is 5.33. The molecule has 1 aliphatic carbocycles. The summed E-state index contributed by atoms with van der Waals surface area (Å²) in [6.07, 6.45) is 4.26. The molecule has 1 saturated carbocycles. The minimum atomic E-state index is 0.102. The maximum absolute atomic E-state index is 11.9. The van der Waals surface area contributed by atoms with E-state index in [2.05, 4.69) is 39.7 Å². The number of rotatable bonds is 6. The molecule has 0 saturated heterocycles. The number of aromatic nitrogens is 2. The Bertz CT molecular complexity index is 902. The molecule has 0 bridgehead atoms. The average molecular weight is 352 g/mol. The number of nitrogens with zero attached hydrogens (tertiary/aromatic N) is 2. The molecule has 0 radical (unpaired) electrons. The number of amides is 1. The van der Waals surface area contributed by atoms with Gasteiger partial charge in [-0.2, -0.15) is 0 Å². The van der Waals surface area contributed by atoms with Crippen LogP contribution in [-0.4, -0.2) is 28.5 Å². The highest BCUT2D eigenvalue weighted by Crippen LogP contribution is 2.40. The number of carbonyl (C=O) groups excluding carboxylic acids is 1. The number of benzene rings is 1. The summed E-state index contributed by atoms with van der Waals surface area (Å²) in [6.45, 7) is 2.68. The molecule has 4 rings (SSSR count). The number of nitrogens with one attached hydrogen (secondary N) is 2. The maximum Gasteiger partial charge on any atom is 0.221 e. The fraction of sp³-hybridized carbons (Fsp3) is 0.316. The van der Waals surface area contributed by atoms with Gasteiger partial charge in [-0.15, -0.1) is 11.3 Å². The molecule has 1 amide bonds. The molecule has 0 aliphatic heterocycles. The third-order valence-electron chi connectivity index (χ3n) is 4.31. The molecule has 6 heteroatoms. The smallest absolute Gasteiger partial charge is 0.221 e. The minimum Gasteiger partial charge on any atom is -0.369 e. The quantitative estimate of drug-likeness (QED) is 0.709. The Labute approximate surface area is 150 Å². The van der Waals surface area contributed by atoms with E-state index in [0.29, 0.717) is 19.0 Å². The molecule has 1 fully saturated rings. The van der Waals surface area contributed by atoms with Crippen molar-refractivity contribution in [3.8, 4) is 11.1 Å². The molecule has 0 unspecified atom stereocenters. The molecule has 25 heavy (non-hydrogen) atoms. The summed E-state index contributed by atoms with van der Waals surface area (Å²) >= 11 is 1.67. The van der Waals surface area contributed by atoms with Gasteiger partial charge < -0.3 is 10.6 Å². The number of anilines is 1. The zero-order chi connectivity index (χ0) is 17.2. The second-order valence-corrected chi connectivity index (χ2v) is 7.52. The van der Waals surface area contributed by atoms with Crippen LogP contribution >= 0.6 is 11.3 Å². The van der Waals surface area contributed by atoms with Crippen LogP contribution in [0.2, 0.25) is 0 Å². The first-order chi connectivity index (χ1) is 12.2. The molecule has 0 spiro atoms. The van der Waals surface area contributed by atoms with Crippen LogP contribution in [0, 0.1) is 6.92 Å². The number of thiophene rings is 1. The lowest BCUT2D eigenvalue weighted by molar-refractivity contribution is -0.120. The lowest BCUT2D eigenvalue weighted by Crippen LogP contribution is -2.27. The van der Waals surface area contributed by atoms with Crippen molar-refractivity contribution >= 4 is 33.3 Å². The van der Waals surface area contributed by atoms with Gasteiger partial charge in [0.15, 0.2) is 0 Å². The van der Waals surface area contributed by atoms with Gasteiger partial charge in [-0.1, -0.05) is 30.3 Å². The Morgan fingerprint density at radius 2 is 2.04 bits per heavy atom. The van der Waals surface area contributed by atoms with Gasteiger partial charge in [0.05, 0.1) is 5.39 Å². The van der Waals surface area contributed by atoms with Crippen LogP contribution in [0.5, 0.6) is 0 Å². The first kappa shape index (κ1) is 16.0. The molecule has 1 aliphatic rings. The molecule has 0 atom stereocenters. The van der Waals surface area contributed by atoms with Crippen molar-refractivity contribution in [2.45, 2.75) is 32.2 Å². The summed E-state index contributed by atoms with van der Waals surface area (Å²) in [5, 5.41) is 7.38. The van der Waals surface area contributed by atoms with Gasteiger partial charge in [-0.3, -0.25) is 4.79 Å². The predicted octanol–water partition coefficient (Wildman–Crippen LogP) is 3.75. The van der Waals surface area contributed by atoms with Gasteiger partial charge in [0.2, 0.25) is 5.91 Å². The SMILES string of the molecule is Cc1sc2ncnc(NCCC(=O)NC3CC3)c2c1-c1ccccc1. The van der Waals surface area contributed by atoms with E-state index in [4.69, 9.17) is 0 Å². The highest BCUT2D eigenvalue weighted by molar-refractivity contribution is 7.19. The molecule has 128 valence electrons. The van der Waals surface area contributed by atoms with Crippen LogP contribution in [0.1, 0.15) is 24.1 Å². The summed E-state index contributed by atoms with van der Waals surface area (Å²) in [5.41, 5.74) is 2.33. The second kappa shape index (κ2) is 6.80. The Morgan fingerprint density at radius 1 is 1.24 bits per heavy atom. The molecule has 1 aromatic carbocycles. The highest BCUT2D eigenvalue weighted by atomic mass is 32.1. The number of carbonyl (C=O) groups is 1. The molecular weight excluding hydrogens is 332 g/mol. The summed E-state index contributed by atoms with van der Waals surface area (Å²) in [6, 6.07) is 10.7. The van der Waals surface area contributed by atoms with Crippen molar-refractivity contribution < 1.29 is 4.79 Å². The standard InChI is InChI=1S/C19H20N4OS/c1-12-16(13-5-3-2-4-6-13)17-18(21-11-22-19(17)25-12)20-10-9-15(24)23-14-7-8-14/h2-6,11,14H,7-10H2,1H3,(H,23,24)(H,20,21,22). The van der Waals surface area contributed by atoms with E-state index >= 15 is 0 Å². The second-order valence-electron chi connectivity index (χ2n) is 6.32. The summed E-state index contributed by atoms with van der Waals surface area (Å²) in [7, 11) is 0. The van der Waals surface area contributed by atoms with Crippen LogP contribution in [0.25, 0.3) is 21.3 Å². The molecule has 5 nitrogen and oxygen atoms in total. The Balaban J connectivity index is 1.59. The highest BCUT2D eigenvalue weighted by Gasteiger charge is 2.23. The van der Waals surface area contributed by atoms with Gasteiger partial charge >= 0.3 is 0 Å². The molecule has 3 aromatic rings. The van der Waals surface area contributed by atoms with E-state index in [-0.39, 0.29) is 5.91 Å². The number of aryl methyl sites for hydroxylation is 1. The molecular formula is C19H20N4OS. The van der Waals surface area contributed by atoms with Crippen LogP contribution in [0.4, 0.5) is 5.82 Å². The fourth-order valence-corrected chi connectivity index (χ4v) is 3.97. The van der Waals surface area contributed by atoms with E-state index in [1.54, 1.807) is 17.7 Å². The van der Waals surface area contributed by atoms with Gasteiger partial charge in [-0.05, 0) is 25.3 Å². The lowest BCUT2D eigenvalue weighted by Gasteiger charge is -2.09. The van der Waals surface area contributed by atoms with Gasteiger partial charge in [0.1, 0.15) is 17.0 Å². The first-order valence-electron chi connectivity index (χ1n) is 8.55. The van der Waals surface area contributed by atoms with Crippen LogP contribution < -0.4 is 10.6 Å². The van der Waals surface area contributed by atoms with Gasteiger partial charge in [-0.25, -0.2) is 9.97 Å². The van der Waals surface area contributed by atoms with Gasteiger partial charge in [0.25, 0.3) is 0 Å². The Kier molecular flexibility index (Phi) is 4.36. The van der Waals surface area contributed by atoms with Gasteiger partial charge in [0, 0.05) is 29.4 Å². The maximum atomic E-state index is 11.9. The fourth-order valence-electron chi connectivity index (χ4n) is 2.95. The predicted molar refractivity (Wildman–Crippen MR) is 102 cm³/mol. The Hall–Kier alpha value is -2.47. The van der Waals surface area contributed by atoms with E-state index in [1.807, 2.05) is 18.2 Å². The average Bonchev–Trinajstić information content (AvgIpc) is 3.35. The zero-order valence-electron chi connectivity index (χ0n) is 14.1. The third kappa shape index (κ3) is 3.49. The van der Waals surface area contributed by atoms with Crippen LogP contribution in [0.3, 0.4) is 0 Å². The van der Waals surface area contributed by atoms with E-state index < -0.39 is 0 Å². The number of hydrogen-bond donors (Lipinski definition) is 2. The summed E-state index contributed by atoms with van der Waals surface area (Å²) in [4.78, 5) is 22.9. The van der Waals surface area contributed by atoms with Crippen molar-refractivity contribution in [3.05, 3.63) is 41.5 Å². The summed E-state index contributed by atoms with van der Waals surface area (Å²) in [5.74, 6) is 0.900. The van der Waals surface area contributed by atoms with Crippen molar-refractivity contribution in [1.29, 1.82) is 0 Å². The minimum absolute atomic E-state index is 0.102. The van der Waals surface area contributed by atoms with Crippen LogP contribution in [0.15, 0.2) is 36.7 Å². The molecule has 2 N–H and O–H groups in total. The molecule has 2 aromatic heterocycles. The van der Waals surface area contributed by atoms with Crippen molar-refractivity contribution in [2.75, 3.05) is 11.9 Å². The van der Waals surface area contributed by atoms with Crippen molar-refractivity contribution in [1.82, 2.24) is 15.3 Å². The lowest BCUT2D eigenvalue weighted by atomic mass is 10.0. The van der Waals surface area contributed by atoms with Crippen molar-refractivity contribution in [2.24, 2.45) is 0 Å². The van der Waals surface area contributed by atoms with E-state index in [9.17, 15) is 4.79 Å². The largest absolute Gasteiger partial charge is 0.369 e. The molecule has 2 heterocycles. The topological polar surface area (TPSA) is 66.9 Å². The zero-order valence-corrected chi connectivity index (χ0v) is 14.9. The summed E-state index contributed by atoms with van der Waals surface area (Å²) < 4.78 is 0. The normalized spacial score (nSPS) is 13.8. The number of fused-ring (bicyclic) bond motifs is 1. The monoisotopic (exact) mass is 352 g/mol. The van der Waals surface area contributed by atoms with Crippen molar-refractivity contribution in [3.63, 3.8) is 0 Å². The Morgan fingerprint density at radius 3 is 2.80 bits per heavy atom. The van der Waals surface area contributed by atoms with E-state index in [1.165, 1.54) is 10.4 Å². The van der Waals surface area contributed by atoms with E-state index in [0.717, 1.165) is 34.4 Å². The number of hydrogen-bond acceptors (Lipinski definition) is 5. The first-order valence-corrected chi connectivity index (χ1v) is 9.37. The van der Waals surface area contributed by atoms with Crippen LogP contribution in [-0.2, 0) is 4.79 Å².